The van der Waals surface area contributed by atoms with E-state index in [4.69, 9.17) is 4.74 Å². The van der Waals surface area contributed by atoms with Gasteiger partial charge in [0.15, 0.2) is 5.78 Å². The van der Waals surface area contributed by atoms with Crippen LogP contribution in [0.15, 0.2) is 54.6 Å². The molecule has 0 aliphatic carbocycles. The minimum absolute atomic E-state index is 0.164. The van der Waals surface area contributed by atoms with Crippen LogP contribution in [0.5, 0.6) is 0 Å². The minimum atomic E-state index is -0.892. The van der Waals surface area contributed by atoms with Crippen molar-refractivity contribution in [3.05, 3.63) is 71.3 Å². The fourth-order valence-corrected chi connectivity index (χ4v) is 3.88. The normalized spacial score (nSPS) is 13.5. The van der Waals surface area contributed by atoms with Gasteiger partial charge in [-0.2, -0.15) is 0 Å². The maximum atomic E-state index is 13.3. The zero-order valence-electron chi connectivity index (χ0n) is 23.5. The van der Waals surface area contributed by atoms with E-state index in [1.807, 2.05) is 44.2 Å². The van der Waals surface area contributed by atoms with Crippen LogP contribution < -0.4 is 16.0 Å². The first-order chi connectivity index (χ1) is 18.4. The fraction of sp³-hybridized carbons (Fsp3) is 0.467. The molecule has 0 saturated heterocycles. The number of aryl methyl sites for hydroxylation is 1. The summed E-state index contributed by atoms with van der Waals surface area (Å²) in [6.45, 7) is 8.54. The molecule has 9 heteroatoms. The number of hydrogen-bond acceptors (Lipinski definition) is 6. The van der Waals surface area contributed by atoms with E-state index in [1.54, 1.807) is 45.0 Å². The summed E-state index contributed by atoms with van der Waals surface area (Å²) in [4.78, 5) is 50.8. The molecule has 0 aliphatic rings. The molecule has 0 spiro atoms. The lowest BCUT2D eigenvalue weighted by Crippen LogP contribution is -2.54. The topological polar surface area (TPSA) is 134 Å². The quantitative estimate of drug-likeness (QED) is 0.308. The van der Waals surface area contributed by atoms with E-state index in [0.717, 1.165) is 5.56 Å². The molecule has 0 unspecified atom stereocenters. The molecule has 0 aromatic heterocycles. The maximum absolute atomic E-state index is 13.3. The summed E-state index contributed by atoms with van der Waals surface area (Å²) in [5, 5.41) is 17.7. The van der Waals surface area contributed by atoms with Crippen molar-refractivity contribution in [3.63, 3.8) is 0 Å². The molecule has 0 heterocycles. The third-order valence-electron chi connectivity index (χ3n) is 6.23. The lowest BCUT2D eigenvalue weighted by atomic mass is 9.96. The third-order valence-corrected chi connectivity index (χ3v) is 6.23. The largest absolute Gasteiger partial charge is 0.444 e. The maximum Gasteiger partial charge on any atom is 0.407 e. The number of amides is 3. The standard InChI is InChI=1S/C30H41N3O6/c1-6-20(2)26(28(37)32-24(25(35)19-34)16-15-21-11-8-7-9-12-21)33-27(36)23-14-10-13-22(17-23)18-31-29(38)39-30(3,4)5/h7-14,17,20,24,26,34H,6,15-16,18-19H2,1-5H3,(H,31,38)(H,32,37)(H,33,36)/t20-,24+,26+/m1/s1. The molecular formula is C30H41N3O6. The molecule has 212 valence electrons. The van der Waals surface area contributed by atoms with Gasteiger partial charge < -0.3 is 25.8 Å². The van der Waals surface area contributed by atoms with Crippen molar-refractivity contribution in [2.75, 3.05) is 6.61 Å². The fourth-order valence-electron chi connectivity index (χ4n) is 3.88. The first kappa shape index (κ1) is 31.5. The van der Waals surface area contributed by atoms with E-state index in [9.17, 15) is 24.3 Å². The summed E-state index contributed by atoms with van der Waals surface area (Å²) >= 11 is 0. The van der Waals surface area contributed by atoms with Crippen molar-refractivity contribution in [1.82, 2.24) is 16.0 Å². The van der Waals surface area contributed by atoms with Crippen molar-refractivity contribution in [2.24, 2.45) is 5.92 Å². The molecule has 0 bridgehead atoms. The Bertz CT molecular complexity index is 1110. The average Bonchev–Trinajstić information content (AvgIpc) is 2.91. The van der Waals surface area contributed by atoms with Gasteiger partial charge in [-0.05, 0) is 62.8 Å². The number of Topliss-reactive ketones (excluding diaryl/α,β-unsaturated/α-hetero) is 1. The number of rotatable bonds is 13. The number of alkyl carbamates (subject to hydrolysis) is 1. The molecule has 39 heavy (non-hydrogen) atoms. The molecule has 4 N–H and O–H groups in total. The summed E-state index contributed by atoms with van der Waals surface area (Å²) in [5.41, 5.74) is 1.40. The van der Waals surface area contributed by atoms with Crippen molar-refractivity contribution < 1.29 is 29.0 Å². The van der Waals surface area contributed by atoms with E-state index < -0.39 is 48.0 Å². The van der Waals surface area contributed by atoms with Crippen LogP contribution in [0.3, 0.4) is 0 Å². The van der Waals surface area contributed by atoms with Crippen molar-refractivity contribution in [3.8, 4) is 0 Å². The monoisotopic (exact) mass is 539 g/mol. The number of aliphatic hydroxyl groups is 1. The predicted molar refractivity (Wildman–Crippen MR) is 149 cm³/mol. The van der Waals surface area contributed by atoms with E-state index in [1.165, 1.54) is 0 Å². The van der Waals surface area contributed by atoms with Crippen molar-refractivity contribution >= 4 is 23.7 Å². The molecular weight excluding hydrogens is 498 g/mol. The van der Waals surface area contributed by atoms with Crippen LogP contribution in [0.4, 0.5) is 4.79 Å². The predicted octanol–water partition coefficient (Wildman–Crippen LogP) is 3.53. The summed E-state index contributed by atoms with van der Waals surface area (Å²) in [5.74, 6) is -1.65. The summed E-state index contributed by atoms with van der Waals surface area (Å²) < 4.78 is 5.24. The Hall–Kier alpha value is -3.72. The van der Waals surface area contributed by atoms with Crippen LogP contribution >= 0.6 is 0 Å². The molecule has 3 atom stereocenters. The Labute approximate surface area is 230 Å². The van der Waals surface area contributed by atoms with Crippen LogP contribution in [0.2, 0.25) is 0 Å². The van der Waals surface area contributed by atoms with Gasteiger partial charge in [0, 0.05) is 12.1 Å². The highest BCUT2D eigenvalue weighted by molar-refractivity contribution is 5.98. The molecule has 0 fully saturated rings. The number of nitrogens with one attached hydrogen (secondary N) is 3. The number of ketones is 1. The third kappa shape index (κ3) is 10.9. The van der Waals surface area contributed by atoms with E-state index >= 15 is 0 Å². The molecule has 2 aromatic rings. The molecule has 2 aromatic carbocycles. The van der Waals surface area contributed by atoms with Crippen LogP contribution in [0.1, 0.15) is 68.9 Å². The highest BCUT2D eigenvalue weighted by Crippen LogP contribution is 2.13. The van der Waals surface area contributed by atoms with Gasteiger partial charge >= 0.3 is 6.09 Å². The number of hydrogen-bond donors (Lipinski definition) is 4. The van der Waals surface area contributed by atoms with Crippen LogP contribution in [0, 0.1) is 5.92 Å². The zero-order valence-corrected chi connectivity index (χ0v) is 23.5. The smallest absolute Gasteiger partial charge is 0.407 e. The lowest BCUT2D eigenvalue weighted by molar-refractivity contribution is -0.131. The number of benzene rings is 2. The summed E-state index contributed by atoms with van der Waals surface area (Å²) in [6.07, 6.45) is 0.913. The lowest BCUT2D eigenvalue weighted by Gasteiger charge is -2.26. The highest BCUT2D eigenvalue weighted by Gasteiger charge is 2.30. The average molecular weight is 540 g/mol. The van der Waals surface area contributed by atoms with Gasteiger partial charge in [0.05, 0.1) is 6.04 Å². The van der Waals surface area contributed by atoms with Gasteiger partial charge in [-0.25, -0.2) is 4.79 Å². The number of aliphatic hydroxyl groups excluding tert-OH is 1. The van der Waals surface area contributed by atoms with E-state index in [-0.39, 0.29) is 12.5 Å². The minimum Gasteiger partial charge on any atom is -0.444 e. The second-order valence-electron chi connectivity index (χ2n) is 10.6. The van der Waals surface area contributed by atoms with Crippen LogP contribution in [-0.2, 0) is 27.3 Å². The van der Waals surface area contributed by atoms with E-state index in [0.29, 0.717) is 30.4 Å². The second kappa shape index (κ2) is 15.0. The number of ether oxygens (including phenoxy) is 1. The summed E-state index contributed by atoms with van der Waals surface area (Å²) in [6, 6.07) is 14.5. The van der Waals surface area contributed by atoms with Gasteiger partial charge in [0.2, 0.25) is 5.91 Å². The first-order valence-electron chi connectivity index (χ1n) is 13.3. The molecule has 3 amide bonds. The second-order valence-corrected chi connectivity index (χ2v) is 10.6. The number of carbonyl (C=O) groups excluding carboxylic acids is 4. The molecule has 0 aliphatic heterocycles. The highest BCUT2D eigenvalue weighted by atomic mass is 16.6. The van der Waals surface area contributed by atoms with Gasteiger partial charge in [0.25, 0.3) is 5.91 Å². The Morgan fingerprint density at radius 2 is 1.62 bits per heavy atom. The van der Waals surface area contributed by atoms with Gasteiger partial charge in [-0.1, -0.05) is 62.7 Å². The van der Waals surface area contributed by atoms with Gasteiger partial charge in [-0.3, -0.25) is 14.4 Å². The first-order valence-corrected chi connectivity index (χ1v) is 13.3. The number of carbonyl (C=O) groups is 4. The molecule has 0 saturated carbocycles. The van der Waals surface area contributed by atoms with Crippen molar-refractivity contribution in [1.29, 1.82) is 0 Å². The Morgan fingerprint density at radius 3 is 2.23 bits per heavy atom. The van der Waals surface area contributed by atoms with Crippen LogP contribution in [-0.4, -0.2) is 53.1 Å². The van der Waals surface area contributed by atoms with Crippen LogP contribution in [0.25, 0.3) is 0 Å². The summed E-state index contributed by atoms with van der Waals surface area (Å²) in [7, 11) is 0. The zero-order chi connectivity index (χ0) is 29.0. The van der Waals surface area contributed by atoms with E-state index in [2.05, 4.69) is 16.0 Å². The Morgan fingerprint density at radius 1 is 0.949 bits per heavy atom. The SMILES string of the molecule is CC[C@@H](C)[C@H](NC(=O)c1cccc(CNC(=O)OC(C)(C)C)c1)C(=O)N[C@@H](CCc1ccccc1)C(=O)CO. The molecule has 9 nitrogen and oxygen atoms in total. The van der Waals surface area contributed by atoms with Gasteiger partial charge in [0.1, 0.15) is 18.2 Å². The van der Waals surface area contributed by atoms with Crippen molar-refractivity contribution in [2.45, 2.75) is 78.1 Å². The van der Waals surface area contributed by atoms with Gasteiger partial charge in [-0.15, -0.1) is 0 Å². The molecule has 0 radical (unpaired) electrons. The Kier molecular flexibility index (Phi) is 12.1. The molecule has 2 rings (SSSR count). The Balaban J connectivity index is 2.09.